The molecule has 0 aliphatic rings. The molecule has 0 saturated carbocycles. The third-order valence-corrected chi connectivity index (χ3v) is 3.23. The maximum Gasteiger partial charge on any atom is 0.277 e. The summed E-state index contributed by atoms with van der Waals surface area (Å²) >= 11 is 2.65. The smallest absolute Gasteiger partial charge is 0.277 e. The van der Waals surface area contributed by atoms with Crippen molar-refractivity contribution in [2.24, 2.45) is 5.73 Å². The lowest BCUT2D eigenvalue weighted by Crippen LogP contribution is -2.09. The van der Waals surface area contributed by atoms with Crippen molar-refractivity contribution in [3.8, 4) is 0 Å². The third-order valence-electron chi connectivity index (χ3n) is 1.57. The number of thioether (sulfide) groups is 1. The number of carbonyl (C=O) groups is 1. The molecule has 0 unspecified atom stereocenters. The minimum atomic E-state index is -0.528. The van der Waals surface area contributed by atoms with E-state index in [4.69, 9.17) is 5.73 Å². The van der Waals surface area contributed by atoms with Crippen molar-refractivity contribution in [3.63, 3.8) is 0 Å². The summed E-state index contributed by atoms with van der Waals surface area (Å²) in [5, 5.41) is 1.04. The molecule has 2 heterocycles. The summed E-state index contributed by atoms with van der Waals surface area (Å²) in [6.07, 6.45) is 3.35. The van der Waals surface area contributed by atoms with Crippen LogP contribution in [0, 0.1) is 0 Å². The second kappa shape index (κ2) is 3.50. The van der Waals surface area contributed by atoms with E-state index in [-0.39, 0.29) is 5.01 Å². The van der Waals surface area contributed by atoms with Gasteiger partial charge in [0.1, 0.15) is 21.7 Å². The Hall–Kier alpha value is -1.21. The van der Waals surface area contributed by atoms with Gasteiger partial charge in [-0.2, -0.15) is 0 Å². The van der Waals surface area contributed by atoms with Crippen LogP contribution >= 0.6 is 23.1 Å². The number of aromatic nitrogens is 3. The zero-order chi connectivity index (χ0) is 10.1. The van der Waals surface area contributed by atoms with Crippen LogP contribution in [0.15, 0.2) is 11.4 Å². The number of carbonyl (C=O) groups excluding carboxylic acids is 1. The first-order chi connectivity index (χ1) is 6.72. The van der Waals surface area contributed by atoms with Crippen LogP contribution in [0.25, 0.3) is 10.3 Å². The Morgan fingerprint density at radius 1 is 1.57 bits per heavy atom. The SMILES string of the molecule is CSc1ncnc2sc(C(N)=O)nc12. The number of rotatable bonds is 2. The lowest BCUT2D eigenvalue weighted by molar-refractivity contribution is 0.1000. The van der Waals surface area contributed by atoms with E-state index in [2.05, 4.69) is 15.0 Å². The number of nitrogens with two attached hydrogens (primary N) is 1. The zero-order valence-electron chi connectivity index (χ0n) is 7.22. The van der Waals surface area contributed by atoms with Gasteiger partial charge in [0.25, 0.3) is 5.91 Å². The molecule has 2 rings (SSSR count). The molecule has 0 radical (unpaired) electrons. The summed E-state index contributed by atoms with van der Waals surface area (Å²) in [5.74, 6) is -0.528. The number of amides is 1. The highest BCUT2D eigenvalue weighted by atomic mass is 32.2. The minimum absolute atomic E-state index is 0.274. The van der Waals surface area contributed by atoms with Crippen LogP contribution in [0.5, 0.6) is 0 Å². The average Bonchev–Trinajstić information content (AvgIpc) is 2.60. The van der Waals surface area contributed by atoms with Gasteiger partial charge >= 0.3 is 0 Å². The van der Waals surface area contributed by atoms with Crippen LogP contribution < -0.4 is 5.73 Å². The summed E-state index contributed by atoms with van der Waals surface area (Å²) in [6, 6.07) is 0. The lowest BCUT2D eigenvalue weighted by atomic mass is 10.6. The maximum atomic E-state index is 10.9. The molecule has 0 bridgehead atoms. The summed E-state index contributed by atoms with van der Waals surface area (Å²) in [4.78, 5) is 23.7. The molecule has 0 spiro atoms. The normalized spacial score (nSPS) is 10.6. The van der Waals surface area contributed by atoms with E-state index in [9.17, 15) is 4.79 Å². The van der Waals surface area contributed by atoms with Crippen LogP contribution in [0.4, 0.5) is 0 Å². The van der Waals surface area contributed by atoms with Gasteiger partial charge in [-0.3, -0.25) is 4.79 Å². The van der Waals surface area contributed by atoms with Crippen LogP contribution in [-0.2, 0) is 0 Å². The number of hydrogen-bond donors (Lipinski definition) is 1. The fourth-order valence-electron chi connectivity index (χ4n) is 0.989. The molecule has 5 nitrogen and oxygen atoms in total. The Labute approximate surface area is 87.8 Å². The van der Waals surface area contributed by atoms with Gasteiger partial charge in [0, 0.05) is 0 Å². The van der Waals surface area contributed by atoms with Gasteiger partial charge in [-0.25, -0.2) is 15.0 Å². The van der Waals surface area contributed by atoms with E-state index < -0.39 is 5.91 Å². The molecular weight excluding hydrogens is 220 g/mol. The number of hydrogen-bond acceptors (Lipinski definition) is 6. The molecule has 2 N–H and O–H groups in total. The number of fused-ring (bicyclic) bond motifs is 1. The lowest BCUT2D eigenvalue weighted by Gasteiger charge is -1.92. The summed E-state index contributed by atoms with van der Waals surface area (Å²) < 4.78 is 0. The van der Waals surface area contributed by atoms with Crippen molar-refractivity contribution in [1.82, 2.24) is 15.0 Å². The first kappa shape index (κ1) is 9.35. The molecule has 0 atom stereocenters. The van der Waals surface area contributed by atoms with Gasteiger partial charge in [-0.1, -0.05) is 11.3 Å². The Morgan fingerprint density at radius 3 is 3.00 bits per heavy atom. The fourth-order valence-corrected chi connectivity index (χ4v) is 2.30. The average molecular weight is 226 g/mol. The largest absolute Gasteiger partial charge is 0.364 e. The van der Waals surface area contributed by atoms with Crippen molar-refractivity contribution in [3.05, 3.63) is 11.3 Å². The Bertz CT molecular complexity index is 495. The van der Waals surface area contributed by atoms with Gasteiger partial charge in [0.15, 0.2) is 5.01 Å². The number of nitrogens with zero attached hydrogens (tertiary/aromatic N) is 3. The van der Waals surface area contributed by atoms with E-state index in [1.165, 1.54) is 29.4 Å². The molecule has 0 aliphatic carbocycles. The monoisotopic (exact) mass is 226 g/mol. The molecule has 0 aliphatic heterocycles. The molecule has 72 valence electrons. The predicted octanol–water partition coefficient (Wildman–Crippen LogP) is 0.907. The van der Waals surface area contributed by atoms with Crippen LogP contribution in [0.2, 0.25) is 0 Å². The fraction of sp³-hybridized carbons (Fsp3) is 0.143. The van der Waals surface area contributed by atoms with E-state index in [0.29, 0.717) is 10.3 Å². The highest BCUT2D eigenvalue weighted by Crippen LogP contribution is 2.25. The van der Waals surface area contributed by atoms with Crippen molar-refractivity contribution in [2.45, 2.75) is 5.03 Å². The van der Waals surface area contributed by atoms with Crippen LogP contribution in [-0.4, -0.2) is 27.1 Å². The standard InChI is InChI=1S/C7H6N4OS2/c1-13-5-3-6(10-2-9-5)14-7(11-3)4(8)12/h2H,1H3,(H2,8,12). The van der Waals surface area contributed by atoms with Crippen molar-refractivity contribution >= 4 is 39.4 Å². The molecule has 2 aromatic heterocycles. The van der Waals surface area contributed by atoms with Crippen molar-refractivity contribution in [1.29, 1.82) is 0 Å². The van der Waals surface area contributed by atoms with Gasteiger partial charge in [-0.15, -0.1) is 11.8 Å². The van der Waals surface area contributed by atoms with E-state index in [1.54, 1.807) is 0 Å². The molecule has 0 aromatic carbocycles. The quantitative estimate of drug-likeness (QED) is 0.608. The van der Waals surface area contributed by atoms with Gasteiger partial charge in [0.05, 0.1) is 0 Å². The molecule has 2 aromatic rings. The van der Waals surface area contributed by atoms with E-state index in [1.807, 2.05) is 6.26 Å². The van der Waals surface area contributed by atoms with Crippen molar-refractivity contribution in [2.75, 3.05) is 6.26 Å². The maximum absolute atomic E-state index is 10.9. The van der Waals surface area contributed by atoms with Crippen molar-refractivity contribution < 1.29 is 4.79 Å². The topological polar surface area (TPSA) is 81.8 Å². The summed E-state index contributed by atoms with van der Waals surface area (Å²) in [6.45, 7) is 0. The Balaban J connectivity index is 2.70. The Kier molecular flexibility index (Phi) is 2.34. The van der Waals surface area contributed by atoms with E-state index in [0.717, 1.165) is 5.03 Å². The van der Waals surface area contributed by atoms with Crippen LogP contribution in [0.3, 0.4) is 0 Å². The molecule has 0 saturated heterocycles. The molecule has 0 fully saturated rings. The van der Waals surface area contributed by atoms with Gasteiger partial charge < -0.3 is 5.73 Å². The van der Waals surface area contributed by atoms with E-state index >= 15 is 0 Å². The highest BCUT2D eigenvalue weighted by Gasteiger charge is 2.12. The molecule has 1 amide bonds. The zero-order valence-corrected chi connectivity index (χ0v) is 8.85. The number of thiazole rings is 1. The minimum Gasteiger partial charge on any atom is -0.364 e. The third kappa shape index (κ3) is 1.44. The number of primary amides is 1. The molecular formula is C7H6N4OS2. The molecule has 14 heavy (non-hydrogen) atoms. The first-order valence-corrected chi connectivity index (χ1v) is 5.72. The first-order valence-electron chi connectivity index (χ1n) is 3.67. The molecule has 7 heteroatoms. The van der Waals surface area contributed by atoms with Gasteiger partial charge in [-0.05, 0) is 6.26 Å². The second-order valence-corrected chi connectivity index (χ2v) is 4.19. The van der Waals surface area contributed by atoms with Gasteiger partial charge in [0.2, 0.25) is 0 Å². The Morgan fingerprint density at radius 2 is 2.36 bits per heavy atom. The predicted molar refractivity (Wildman–Crippen MR) is 55.5 cm³/mol. The second-order valence-electron chi connectivity index (χ2n) is 2.42. The van der Waals surface area contributed by atoms with Crippen LogP contribution in [0.1, 0.15) is 9.80 Å². The summed E-state index contributed by atoms with van der Waals surface area (Å²) in [7, 11) is 0. The summed E-state index contributed by atoms with van der Waals surface area (Å²) in [5.41, 5.74) is 5.77. The highest BCUT2D eigenvalue weighted by molar-refractivity contribution is 7.98.